The molecule has 2 N–H and O–H groups in total. The van der Waals surface area contributed by atoms with Gasteiger partial charge >= 0.3 is 0 Å². The monoisotopic (exact) mass is 164 g/mol. The lowest BCUT2D eigenvalue weighted by atomic mass is 10.6. The van der Waals surface area contributed by atoms with Crippen LogP contribution in [0.3, 0.4) is 0 Å². The van der Waals surface area contributed by atoms with Gasteiger partial charge in [0.25, 0.3) is 5.91 Å². The number of hydrogen-bond donors (Lipinski definition) is 2. The zero-order chi connectivity index (χ0) is 8.81. The van der Waals surface area contributed by atoms with E-state index in [1.54, 1.807) is 6.20 Å². The Morgan fingerprint density at radius 3 is 3.00 bits per heavy atom. The summed E-state index contributed by atoms with van der Waals surface area (Å²) in [6.07, 6.45) is 5.70. The number of hydrazine groups is 1. The quantitative estimate of drug-likeness (QED) is 0.491. The molecule has 1 aromatic rings. The van der Waals surface area contributed by atoms with Crippen LogP contribution in [0.25, 0.3) is 0 Å². The first-order valence-electron chi connectivity index (χ1n) is 3.27. The van der Waals surface area contributed by atoms with Gasteiger partial charge in [0.05, 0.1) is 6.20 Å². The van der Waals surface area contributed by atoms with Gasteiger partial charge in [-0.2, -0.15) is 0 Å². The summed E-state index contributed by atoms with van der Waals surface area (Å²) in [6, 6.07) is 0. The second-order valence-electron chi connectivity index (χ2n) is 1.91. The highest BCUT2D eigenvalue weighted by Gasteiger charge is 1.92. The Labute approximate surface area is 69.5 Å². The van der Waals surface area contributed by atoms with Gasteiger partial charge in [-0.15, -0.1) is 0 Å². The number of aromatic nitrogens is 2. The van der Waals surface area contributed by atoms with Crippen LogP contribution >= 0.6 is 0 Å². The molecule has 0 aliphatic rings. The Balaban J connectivity index is 2.43. The molecule has 0 radical (unpaired) electrons. The third-order valence-electron chi connectivity index (χ3n) is 1.06. The number of anilines is 1. The van der Waals surface area contributed by atoms with Crippen molar-refractivity contribution in [2.45, 2.75) is 0 Å². The number of rotatable bonds is 3. The summed E-state index contributed by atoms with van der Waals surface area (Å²) in [5.74, 6) is 0.161. The standard InChI is InChI=1S/C7H8N4O/c1-2-7(12)11-10-6-5-8-3-4-9-6/h2-5H,1H2,(H,9,10)(H,11,12). The first-order chi connectivity index (χ1) is 5.83. The van der Waals surface area contributed by atoms with Crippen LogP contribution in [0.5, 0.6) is 0 Å². The van der Waals surface area contributed by atoms with E-state index in [-0.39, 0.29) is 5.91 Å². The van der Waals surface area contributed by atoms with Gasteiger partial charge in [0, 0.05) is 12.4 Å². The van der Waals surface area contributed by atoms with Gasteiger partial charge in [-0.1, -0.05) is 6.58 Å². The summed E-state index contributed by atoms with van der Waals surface area (Å²) in [4.78, 5) is 18.3. The summed E-state index contributed by atoms with van der Waals surface area (Å²) < 4.78 is 0. The van der Waals surface area contributed by atoms with E-state index in [4.69, 9.17) is 0 Å². The van der Waals surface area contributed by atoms with Crippen molar-refractivity contribution >= 4 is 11.7 Å². The Hall–Kier alpha value is -1.91. The van der Waals surface area contributed by atoms with Crippen molar-refractivity contribution in [2.24, 2.45) is 0 Å². The van der Waals surface area contributed by atoms with Crippen LogP contribution in [-0.4, -0.2) is 15.9 Å². The lowest BCUT2D eigenvalue weighted by molar-refractivity contribution is -0.116. The number of nitrogens with zero attached hydrogens (tertiary/aromatic N) is 2. The second kappa shape index (κ2) is 4.07. The van der Waals surface area contributed by atoms with Crippen LogP contribution < -0.4 is 10.9 Å². The minimum absolute atomic E-state index is 0.319. The topological polar surface area (TPSA) is 66.9 Å². The maximum atomic E-state index is 10.6. The predicted molar refractivity (Wildman–Crippen MR) is 44.0 cm³/mol. The van der Waals surface area contributed by atoms with Crippen molar-refractivity contribution in [3.8, 4) is 0 Å². The Kier molecular flexibility index (Phi) is 2.78. The van der Waals surface area contributed by atoms with E-state index in [2.05, 4.69) is 27.4 Å². The molecule has 0 atom stereocenters. The molecule has 1 rings (SSSR count). The summed E-state index contributed by atoms with van der Waals surface area (Å²) in [7, 11) is 0. The fourth-order valence-corrected chi connectivity index (χ4v) is 0.540. The largest absolute Gasteiger partial charge is 0.280 e. The highest BCUT2D eigenvalue weighted by atomic mass is 16.2. The SMILES string of the molecule is C=CC(=O)NNc1cnccn1. The average Bonchev–Trinajstić information content (AvgIpc) is 2.16. The van der Waals surface area contributed by atoms with E-state index in [9.17, 15) is 4.79 Å². The number of amides is 1. The van der Waals surface area contributed by atoms with Gasteiger partial charge in [0.2, 0.25) is 0 Å². The number of nitrogens with one attached hydrogen (secondary N) is 2. The van der Waals surface area contributed by atoms with Crippen LogP contribution in [0.2, 0.25) is 0 Å². The maximum absolute atomic E-state index is 10.6. The molecule has 0 aliphatic carbocycles. The first-order valence-corrected chi connectivity index (χ1v) is 3.27. The molecule has 62 valence electrons. The molecule has 1 aromatic heterocycles. The van der Waals surface area contributed by atoms with E-state index >= 15 is 0 Å². The molecule has 0 spiro atoms. The fraction of sp³-hybridized carbons (Fsp3) is 0. The van der Waals surface area contributed by atoms with Gasteiger partial charge in [0.15, 0.2) is 5.82 Å². The van der Waals surface area contributed by atoms with Crippen molar-refractivity contribution in [1.82, 2.24) is 15.4 Å². The Morgan fingerprint density at radius 1 is 1.58 bits per heavy atom. The van der Waals surface area contributed by atoms with Crippen LogP contribution in [-0.2, 0) is 4.79 Å². The molecular weight excluding hydrogens is 156 g/mol. The van der Waals surface area contributed by atoms with Gasteiger partial charge in [-0.05, 0) is 6.08 Å². The predicted octanol–water partition coefficient (Wildman–Crippen LogP) is 0.106. The highest BCUT2D eigenvalue weighted by Crippen LogP contribution is 1.92. The number of carbonyl (C=O) groups is 1. The highest BCUT2D eigenvalue weighted by molar-refractivity contribution is 5.87. The molecule has 1 amide bonds. The molecule has 1 heterocycles. The molecule has 0 saturated heterocycles. The Morgan fingerprint density at radius 2 is 2.42 bits per heavy atom. The van der Waals surface area contributed by atoms with Crippen LogP contribution in [0.15, 0.2) is 31.2 Å². The van der Waals surface area contributed by atoms with E-state index in [1.165, 1.54) is 12.4 Å². The van der Waals surface area contributed by atoms with Crippen molar-refractivity contribution in [3.63, 3.8) is 0 Å². The lowest BCUT2D eigenvalue weighted by Gasteiger charge is -2.02. The summed E-state index contributed by atoms with van der Waals surface area (Å²) in [5, 5.41) is 0. The van der Waals surface area contributed by atoms with Gasteiger partial charge in [0.1, 0.15) is 0 Å². The zero-order valence-corrected chi connectivity index (χ0v) is 6.32. The Bertz CT molecular complexity index is 272. The van der Waals surface area contributed by atoms with Gasteiger partial charge in [-0.25, -0.2) is 4.98 Å². The van der Waals surface area contributed by atoms with Gasteiger partial charge in [-0.3, -0.25) is 20.6 Å². The van der Waals surface area contributed by atoms with E-state index in [1.807, 2.05) is 0 Å². The average molecular weight is 164 g/mol. The maximum Gasteiger partial charge on any atom is 0.261 e. The molecule has 0 saturated carbocycles. The second-order valence-corrected chi connectivity index (χ2v) is 1.91. The fourth-order valence-electron chi connectivity index (χ4n) is 0.540. The minimum atomic E-state index is -0.319. The van der Waals surface area contributed by atoms with Gasteiger partial charge < -0.3 is 0 Å². The molecule has 0 fully saturated rings. The minimum Gasteiger partial charge on any atom is -0.280 e. The van der Waals surface area contributed by atoms with Crippen LogP contribution in [0.4, 0.5) is 5.82 Å². The normalized spacial score (nSPS) is 8.67. The molecule has 12 heavy (non-hydrogen) atoms. The van der Waals surface area contributed by atoms with Crippen LogP contribution in [0.1, 0.15) is 0 Å². The molecule has 0 bridgehead atoms. The van der Waals surface area contributed by atoms with E-state index < -0.39 is 0 Å². The third-order valence-corrected chi connectivity index (χ3v) is 1.06. The molecule has 5 nitrogen and oxygen atoms in total. The van der Waals surface area contributed by atoms with E-state index in [0.717, 1.165) is 6.08 Å². The summed E-state index contributed by atoms with van der Waals surface area (Å²) in [5.41, 5.74) is 4.89. The number of carbonyl (C=O) groups excluding carboxylic acids is 1. The molecule has 5 heteroatoms. The summed E-state index contributed by atoms with van der Waals surface area (Å²) >= 11 is 0. The smallest absolute Gasteiger partial charge is 0.261 e. The summed E-state index contributed by atoms with van der Waals surface area (Å²) in [6.45, 7) is 3.28. The van der Waals surface area contributed by atoms with Crippen molar-refractivity contribution in [2.75, 3.05) is 5.43 Å². The third kappa shape index (κ3) is 2.37. The van der Waals surface area contributed by atoms with Crippen molar-refractivity contribution in [3.05, 3.63) is 31.2 Å². The zero-order valence-electron chi connectivity index (χ0n) is 6.32. The van der Waals surface area contributed by atoms with E-state index in [0.29, 0.717) is 5.82 Å². The first kappa shape index (κ1) is 8.19. The van der Waals surface area contributed by atoms with Crippen molar-refractivity contribution < 1.29 is 4.79 Å². The van der Waals surface area contributed by atoms with Crippen LogP contribution in [0, 0.1) is 0 Å². The van der Waals surface area contributed by atoms with Crippen molar-refractivity contribution in [1.29, 1.82) is 0 Å². The molecule has 0 aromatic carbocycles. The molecule has 0 unspecified atom stereocenters. The lowest BCUT2D eigenvalue weighted by Crippen LogP contribution is -2.27. The molecular formula is C7H8N4O. The number of hydrogen-bond acceptors (Lipinski definition) is 4. The molecule has 0 aliphatic heterocycles.